The molecule has 0 aliphatic heterocycles. The average Bonchev–Trinajstić information content (AvgIpc) is 2.52. The molecule has 1 unspecified atom stereocenters. The largest absolute Gasteiger partial charge is 0.416 e. The highest BCUT2D eigenvalue weighted by molar-refractivity contribution is 6.30. The van der Waals surface area contributed by atoms with Gasteiger partial charge in [0, 0.05) is 5.02 Å². The summed E-state index contributed by atoms with van der Waals surface area (Å²) >= 11 is 5.85. The normalized spacial score (nSPS) is 12.7. The number of carbonyl (C=O) groups excluding carboxylic acids is 1. The second kappa shape index (κ2) is 7.68. The van der Waals surface area contributed by atoms with E-state index in [2.05, 4.69) is 5.32 Å². The monoisotopic (exact) mass is 357 g/mol. The Labute approximate surface area is 142 Å². The molecule has 0 heterocycles. The zero-order valence-corrected chi connectivity index (χ0v) is 13.2. The molecular formula is C17H15ClF3NO2. The highest BCUT2D eigenvalue weighted by Gasteiger charge is 2.30. The van der Waals surface area contributed by atoms with Crippen LogP contribution < -0.4 is 5.32 Å². The Bertz CT molecular complexity index is 702. The van der Waals surface area contributed by atoms with Crippen LogP contribution >= 0.6 is 11.6 Å². The van der Waals surface area contributed by atoms with Crippen LogP contribution in [0, 0.1) is 0 Å². The zero-order chi connectivity index (χ0) is 17.7. The number of aliphatic hydroxyl groups is 1. The Hall–Kier alpha value is -2.05. The van der Waals surface area contributed by atoms with Crippen molar-refractivity contribution in [2.45, 2.75) is 18.6 Å². The fraction of sp³-hybridized carbons (Fsp3) is 0.235. The Morgan fingerprint density at radius 3 is 2.38 bits per heavy atom. The maximum absolute atomic E-state index is 12.6. The van der Waals surface area contributed by atoms with E-state index >= 15 is 0 Å². The predicted molar refractivity (Wildman–Crippen MR) is 84.6 cm³/mol. The van der Waals surface area contributed by atoms with Gasteiger partial charge in [-0.05, 0) is 35.4 Å². The van der Waals surface area contributed by atoms with E-state index in [1.165, 1.54) is 12.1 Å². The summed E-state index contributed by atoms with van der Waals surface area (Å²) < 4.78 is 37.7. The first-order chi connectivity index (χ1) is 11.3. The molecule has 2 rings (SSSR count). The van der Waals surface area contributed by atoms with E-state index in [1.807, 2.05) is 0 Å². The maximum Gasteiger partial charge on any atom is 0.416 e. The fourth-order valence-electron chi connectivity index (χ4n) is 2.22. The molecule has 0 aromatic heterocycles. The number of aliphatic hydroxyl groups excluding tert-OH is 1. The molecule has 0 radical (unpaired) electrons. The van der Waals surface area contributed by atoms with E-state index in [0.717, 1.165) is 12.1 Å². The van der Waals surface area contributed by atoms with E-state index in [0.29, 0.717) is 16.1 Å². The van der Waals surface area contributed by atoms with Gasteiger partial charge in [0.05, 0.1) is 24.6 Å². The van der Waals surface area contributed by atoms with Gasteiger partial charge in [0.25, 0.3) is 0 Å². The molecule has 0 fully saturated rings. The van der Waals surface area contributed by atoms with Crippen LogP contribution in [0.5, 0.6) is 0 Å². The summed E-state index contributed by atoms with van der Waals surface area (Å²) in [5.41, 5.74) is 0.308. The van der Waals surface area contributed by atoms with Gasteiger partial charge < -0.3 is 10.4 Å². The van der Waals surface area contributed by atoms with E-state index in [4.69, 9.17) is 11.6 Å². The van der Waals surface area contributed by atoms with Crippen molar-refractivity contribution in [1.82, 2.24) is 5.32 Å². The van der Waals surface area contributed by atoms with E-state index in [-0.39, 0.29) is 12.3 Å². The lowest BCUT2D eigenvalue weighted by Gasteiger charge is -2.17. The van der Waals surface area contributed by atoms with Crippen molar-refractivity contribution in [3.8, 4) is 0 Å². The minimum absolute atomic E-state index is 0.0533. The number of hydrogen-bond donors (Lipinski definition) is 2. The van der Waals surface area contributed by atoms with Crippen LogP contribution in [0.25, 0.3) is 0 Å². The number of carbonyl (C=O) groups is 1. The Morgan fingerprint density at radius 1 is 1.17 bits per heavy atom. The van der Waals surface area contributed by atoms with E-state index < -0.39 is 24.4 Å². The lowest BCUT2D eigenvalue weighted by atomic mass is 10.0. The van der Waals surface area contributed by atoms with Crippen molar-refractivity contribution in [3.05, 3.63) is 70.2 Å². The van der Waals surface area contributed by atoms with Gasteiger partial charge in [-0.1, -0.05) is 35.9 Å². The van der Waals surface area contributed by atoms with E-state index in [9.17, 15) is 23.1 Å². The van der Waals surface area contributed by atoms with Gasteiger partial charge in [0.1, 0.15) is 0 Å². The first kappa shape index (κ1) is 18.3. The van der Waals surface area contributed by atoms with Gasteiger partial charge in [-0.3, -0.25) is 4.79 Å². The van der Waals surface area contributed by atoms with Crippen LogP contribution in [-0.2, 0) is 17.4 Å². The predicted octanol–water partition coefficient (Wildman–Crippen LogP) is 3.75. The number of nitrogens with one attached hydrogen (secondary N) is 1. The lowest BCUT2D eigenvalue weighted by Crippen LogP contribution is -2.32. The molecule has 0 saturated heterocycles. The number of halogens is 4. The van der Waals surface area contributed by atoms with E-state index in [1.54, 1.807) is 24.3 Å². The zero-order valence-electron chi connectivity index (χ0n) is 12.5. The third kappa shape index (κ3) is 4.97. The Kier molecular flexibility index (Phi) is 5.85. The molecule has 3 nitrogen and oxygen atoms in total. The molecule has 24 heavy (non-hydrogen) atoms. The summed E-state index contributed by atoms with van der Waals surface area (Å²) in [6.45, 7) is -0.424. The first-order valence-corrected chi connectivity index (χ1v) is 7.49. The smallest absolute Gasteiger partial charge is 0.394 e. The highest BCUT2D eigenvalue weighted by Crippen LogP contribution is 2.29. The van der Waals surface area contributed by atoms with Crippen LogP contribution in [-0.4, -0.2) is 17.6 Å². The summed E-state index contributed by atoms with van der Waals surface area (Å²) in [6, 6.07) is 10.3. The van der Waals surface area contributed by atoms with Crippen molar-refractivity contribution in [1.29, 1.82) is 0 Å². The summed E-state index contributed by atoms with van der Waals surface area (Å²) in [5, 5.41) is 12.5. The molecule has 2 aromatic carbocycles. The van der Waals surface area contributed by atoms with Crippen LogP contribution in [0.1, 0.15) is 22.7 Å². The minimum atomic E-state index is -4.43. The van der Waals surface area contributed by atoms with Crippen LogP contribution in [0.2, 0.25) is 5.02 Å². The summed E-state index contributed by atoms with van der Waals surface area (Å²) in [7, 11) is 0. The van der Waals surface area contributed by atoms with Gasteiger partial charge in [0.15, 0.2) is 0 Å². The standard InChI is InChI=1S/C17H15ClF3NO2/c18-14-3-1-2-11(8-14)9-16(24)22-15(10-23)12-4-6-13(7-5-12)17(19,20)21/h1-8,15,23H,9-10H2,(H,22,24). The molecule has 2 N–H and O–H groups in total. The Balaban J connectivity index is 2.04. The molecule has 1 amide bonds. The molecule has 0 spiro atoms. The van der Waals surface area contributed by atoms with Crippen LogP contribution in [0.4, 0.5) is 13.2 Å². The van der Waals surface area contributed by atoms with Crippen LogP contribution in [0.3, 0.4) is 0 Å². The molecule has 2 aromatic rings. The van der Waals surface area contributed by atoms with Crippen LogP contribution in [0.15, 0.2) is 48.5 Å². The van der Waals surface area contributed by atoms with Gasteiger partial charge >= 0.3 is 6.18 Å². The molecule has 1 atom stereocenters. The Morgan fingerprint density at radius 2 is 1.83 bits per heavy atom. The minimum Gasteiger partial charge on any atom is -0.394 e. The topological polar surface area (TPSA) is 49.3 Å². The summed E-state index contributed by atoms with van der Waals surface area (Å²) in [6.07, 6.45) is -4.37. The van der Waals surface area contributed by atoms with Gasteiger partial charge in [-0.25, -0.2) is 0 Å². The summed E-state index contributed by atoms with van der Waals surface area (Å²) in [4.78, 5) is 12.0. The third-order valence-corrected chi connectivity index (χ3v) is 3.65. The summed E-state index contributed by atoms with van der Waals surface area (Å²) in [5.74, 6) is -0.365. The lowest BCUT2D eigenvalue weighted by molar-refractivity contribution is -0.137. The quantitative estimate of drug-likeness (QED) is 0.856. The average molecular weight is 358 g/mol. The maximum atomic E-state index is 12.6. The third-order valence-electron chi connectivity index (χ3n) is 3.41. The molecule has 0 aliphatic rings. The van der Waals surface area contributed by atoms with Crippen molar-refractivity contribution in [2.75, 3.05) is 6.61 Å². The molecular weight excluding hydrogens is 343 g/mol. The van der Waals surface area contributed by atoms with Crippen molar-refractivity contribution in [2.24, 2.45) is 0 Å². The molecule has 128 valence electrons. The van der Waals surface area contributed by atoms with Gasteiger partial charge in [-0.2, -0.15) is 13.2 Å². The van der Waals surface area contributed by atoms with Gasteiger partial charge in [0.2, 0.25) is 5.91 Å². The highest BCUT2D eigenvalue weighted by atomic mass is 35.5. The molecule has 0 aliphatic carbocycles. The number of rotatable bonds is 5. The first-order valence-electron chi connectivity index (χ1n) is 7.11. The number of amides is 1. The van der Waals surface area contributed by atoms with Crippen molar-refractivity contribution >= 4 is 17.5 Å². The second-order valence-electron chi connectivity index (χ2n) is 5.23. The van der Waals surface area contributed by atoms with Crippen molar-refractivity contribution in [3.63, 3.8) is 0 Å². The number of benzene rings is 2. The molecule has 7 heteroatoms. The number of alkyl halides is 3. The molecule has 0 saturated carbocycles. The number of hydrogen-bond acceptors (Lipinski definition) is 2. The second-order valence-corrected chi connectivity index (χ2v) is 5.67. The van der Waals surface area contributed by atoms with Gasteiger partial charge in [-0.15, -0.1) is 0 Å². The van der Waals surface area contributed by atoms with Crippen molar-refractivity contribution < 1.29 is 23.1 Å². The molecule has 0 bridgehead atoms. The SMILES string of the molecule is O=C(Cc1cccc(Cl)c1)NC(CO)c1ccc(C(F)(F)F)cc1. The fourth-order valence-corrected chi connectivity index (χ4v) is 2.43.